The first kappa shape index (κ1) is 27.7. The molecule has 37 heavy (non-hydrogen) atoms. The predicted octanol–water partition coefficient (Wildman–Crippen LogP) is 3.63. The van der Waals surface area contributed by atoms with Crippen LogP contribution in [0.15, 0.2) is 23.0 Å². The van der Waals surface area contributed by atoms with Crippen molar-refractivity contribution in [1.82, 2.24) is 10.6 Å². The van der Waals surface area contributed by atoms with E-state index in [0.717, 1.165) is 0 Å². The van der Waals surface area contributed by atoms with Crippen LogP contribution in [0.5, 0.6) is 0 Å². The molecule has 0 radical (unpaired) electrons. The largest absolute Gasteiger partial charge is 0.472 e. The number of imide groups is 1. The molecule has 1 saturated heterocycles. The first-order valence-corrected chi connectivity index (χ1v) is 12.9. The highest BCUT2D eigenvalue weighted by atomic mass is 35.6. The van der Waals surface area contributed by atoms with E-state index in [-0.39, 0.29) is 12.2 Å². The summed E-state index contributed by atoms with van der Waals surface area (Å²) in [7, 11) is 1.26. The van der Waals surface area contributed by atoms with Gasteiger partial charge in [0.1, 0.15) is 6.10 Å². The summed E-state index contributed by atoms with van der Waals surface area (Å²) < 4.78 is 13.6. The topological polar surface area (TPSA) is 141 Å². The molecule has 2 heterocycles. The van der Waals surface area contributed by atoms with Crippen molar-refractivity contribution in [3.8, 4) is 0 Å². The number of halogens is 3. The molecule has 1 aromatic rings. The van der Waals surface area contributed by atoms with Crippen molar-refractivity contribution in [2.75, 3.05) is 7.11 Å². The molecule has 0 spiro atoms. The molecule has 4 rings (SSSR count). The highest BCUT2D eigenvalue weighted by Crippen LogP contribution is 2.65. The average Bonchev–Trinajstić information content (AvgIpc) is 3.34. The Bertz CT molecular complexity index is 1120. The molecule has 3 fully saturated rings. The van der Waals surface area contributed by atoms with E-state index >= 15 is 0 Å². The number of ether oxygens (including phenoxy) is 2. The van der Waals surface area contributed by atoms with Gasteiger partial charge in [-0.2, -0.15) is 0 Å². The Morgan fingerprint density at radius 1 is 1.16 bits per heavy atom. The Morgan fingerprint density at radius 3 is 2.46 bits per heavy atom. The van der Waals surface area contributed by atoms with Gasteiger partial charge < -0.3 is 19.2 Å². The zero-order valence-electron chi connectivity index (χ0n) is 20.3. The highest BCUT2D eigenvalue weighted by molar-refractivity contribution is 6.76. The number of ketones is 1. The minimum absolute atomic E-state index is 0.0514. The zero-order valence-corrected chi connectivity index (χ0v) is 22.6. The minimum atomic E-state index is -2.39. The minimum Gasteiger partial charge on any atom is -0.472 e. The maximum atomic E-state index is 14.1. The van der Waals surface area contributed by atoms with Gasteiger partial charge in [0.15, 0.2) is 5.78 Å². The van der Waals surface area contributed by atoms with E-state index in [9.17, 15) is 24.0 Å². The number of hydrogen-bond acceptors (Lipinski definition) is 8. The van der Waals surface area contributed by atoms with Crippen LogP contribution in [-0.2, 0) is 28.7 Å². The van der Waals surface area contributed by atoms with E-state index in [1.807, 2.05) is 19.2 Å². The number of cyclic esters (lactones) is 1. The van der Waals surface area contributed by atoms with E-state index in [1.54, 1.807) is 6.07 Å². The Labute approximate surface area is 228 Å². The van der Waals surface area contributed by atoms with Crippen molar-refractivity contribution in [1.29, 1.82) is 0 Å². The number of amides is 3. The first-order chi connectivity index (χ1) is 17.2. The van der Waals surface area contributed by atoms with E-state index in [1.165, 1.54) is 19.6 Å². The summed E-state index contributed by atoms with van der Waals surface area (Å²) >= 11 is 16.5. The van der Waals surface area contributed by atoms with Crippen molar-refractivity contribution in [2.24, 2.45) is 28.6 Å². The van der Waals surface area contributed by atoms with Gasteiger partial charge in [-0.15, -0.1) is 0 Å². The number of carbonyl (C=O) groups excluding carboxylic acids is 5. The molecule has 0 aromatic carbocycles. The lowest BCUT2D eigenvalue weighted by molar-refractivity contribution is -0.203. The highest BCUT2D eigenvalue weighted by Gasteiger charge is 2.67. The maximum Gasteiger partial charge on any atom is 0.322 e. The lowest BCUT2D eigenvalue weighted by atomic mass is 9.43. The summed E-state index contributed by atoms with van der Waals surface area (Å²) in [6.07, 6.45) is 3.41. The smallest absolute Gasteiger partial charge is 0.322 e. The first-order valence-electron chi connectivity index (χ1n) is 11.7. The predicted molar refractivity (Wildman–Crippen MR) is 130 cm³/mol. The number of Topliss-reactive ketones (excluding diaryl/α,β-unsaturated/α-hetero) is 1. The fraction of sp³-hybridized carbons (Fsp3) is 0.625. The summed E-state index contributed by atoms with van der Waals surface area (Å²) in [5, 5.41) is 4.35. The second-order valence-electron chi connectivity index (χ2n) is 10.4. The number of furan rings is 1. The number of urea groups is 1. The summed E-state index contributed by atoms with van der Waals surface area (Å²) in [4.78, 5) is 64.7. The van der Waals surface area contributed by atoms with Crippen molar-refractivity contribution >= 4 is 64.5 Å². The van der Waals surface area contributed by atoms with Crippen LogP contribution in [0.25, 0.3) is 0 Å². The number of rotatable bonds is 3. The second-order valence-corrected chi connectivity index (χ2v) is 12.7. The molecule has 3 amide bonds. The second kappa shape index (κ2) is 9.78. The number of methoxy groups -OCH3 is 1. The Kier molecular flexibility index (Phi) is 7.33. The molecule has 1 aliphatic heterocycles. The zero-order chi connectivity index (χ0) is 27.3. The molecule has 3 aliphatic rings. The number of alkyl halides is 3. The normalized spacial score (nSPS) is 35.5. The fourth-order valence-corrected chi connectivity index (χ4v) is 6.83. The van der Waals surface area contributed by atoms with E-state index in [4.69, 9.17) is 48.7 Å². The molecule has 202 valence electrons. The number of nitrogens with one attached hydrogen (secondary N) is 2. The molecular weight excluding hydrogens is 551 g/mol. The maximum absolute atomic E-state index is 14.1. The number of fused-ring (bicyclic) bond motifs is 3. The van der Waals surface area contributed by atoms with Gasteiger partial charge in [-0.05, 0) is 42.6 Å². The van der Waals surface area contributed by atoms with Crippen LogP contribution in [0, 0.1) is 28.6 Å². The third kappa shape index (κ3) is 4.83. The van der Waals surface area contributed by atoms with Gasteiger partial charge in [0, 0.05) is 11.5 Å². The number of carbonyl (C=O) groups is 5. The van der Waals surface area contributed by atoms with Crippen LogP contribution in [0.2, 0.25) is 0 Å². The molecule has 2 N–H and O–H groups in total. The lowest BCUT2D eigenvalue weighted by Crippen LogP contribution is -2.67. The van der Waals surface area contributed by atoms with E-state index in [2.05, 4.69) is 5.32 Å². The van der Waals surface area contributed by atoms with E-state index < -0.39 is 68.4 Å². The van der Waals surface area contributed by atoms with Crippen LogP contribution in [0.1, 0.15) is 51.2 Å². The van der Waals surface area contributed by atoms with Crippen LogP contribution in [0.3, 0.4) is 0 Å². The van der Waals surface area contributed by atoms with Gasteiger partial charge in [0.05, 0.1) is 37.5 Å². The van der Waals surface area contributed by atoms with Gasteiger partial charge in [0.2, 0.25) is 0 Å². The molecule has 2 saturated carbocycles. The molecule has 7 atom stereocenters. The van der Waals surface area contributed by atoms with Crippen LogP contribution in [-0.4, -0.2) is 46.6 Å². The standard InChI is InChI=1S/C24H27Cl3N2O8/c1-22-6-4-12-19(32)37-15(11-5-7-36-10-11)9-23(12,2)17(22)16(30)14(8-13(22)18(31)35-3)28-21(34)29-20(33)24(25,26)27/h5,7,10,12-15,17H,4,6,8-9H2,1-3H3,(H2,28,29,33,34)/t12-,13-,14-,15-,17?,22-,23-/m0/s1. The third-order valence-corrected chi connectivity index (χ3v) is 8.86. The quantitative estimate of drug-likeness (QED) is 0.410. The lowest BCUT2D eigenvalue weighted by Gasteiger charge is -2.61. The Morgan fingerprint density at radius 2 is 1.86 bits per heavy atom. The number of hydrogen-bond donors (Lipinski definition) is 2. The number of esters is 2. The summed E-state index contributed by atoms with van der Waals surface area (Å²) in [5.41, 5.74) is -1.10. The van der Waals surface area contributed by atoms with Gasteiger partial charge >= 0.3 is 18.0 Å². The average molecular weight is 578 g/mol. The summed E-state index contributed by atoms with van der Waals surface area (Å²) in [5.74, 6) is -4.68. The molecule has 2 aliphatic carbocycles. The fourth-order valence-electron chi connectivity index (χ4n) is 6.69. The van der Waals surface area contributed by atoms with Crippen molar-refractivity contribution in [3.63, 3.8) is 0 Å². The molecule has 1 aromatic heterocycles. The van der Waals surface area contributed by atoms with Gasteiger partial charge in [-0.1, -0.05) is 48.7 Å². The van der Waals surface area contributed by atoms with Crippen molar-refractivity contribution in [2.45, 2.75) is 55.5 Å². The van der Waals surface area contributed by atoms with Crippen LogP contribution < -0.4 is 10.6 Å². The third-order valence-electron chi connectivity index (χ3n) is 8.34. The van der Waals surface area contributed by atoms with Gasteiger partial charge in [0.25, 0.3) is 9.70 Å². The Hall–Kier alpha value is -2.30. The molecule has 10 nitrogen and oxygen atoms in total. The molecule has 0 bridgehead atoms. The van der Waals surface area contributed by atoms with Gasteiger partial charge in [-0.3, -0.25) is 24.5 Å². The summed E-state index contributed by atoms with van der Waals surface area (Å²) in [6, 6.07) is -0.523. The summed E-state index contributed by atoms with van der Waals surface area (Å²) in [6.45, 7) is 3.71. The van der Waals surface area contributed by atoms with E-state index in [0.29, 0.717) is 24.8 Å². The molecular formula is C24H27Cl3N2O8. The molecule has 1 unspecified atom stereocenters. The van der Waals surface area contributed by atoms with Crippen molar-refractivity contribution < 1.29 is 37.9 Å². The van der Waals surface area contributed by atoms with Gasteiger partial charge in [-0.25, -0.2) is 4.79 Å². The Balaban J connectivity index is 1.70. The van der Waals surface area contributed by atoms with Crippen molar-refractivity contribution in [3.05, 3.63) is 24.2 Å². The van der Waals surface area contributed by atoms with Crippen LogP contribution in [0.4, 0.5) is 4.79 Å². The monoisotopic (exact) mass is 576 g/mol. The molecule has 13 heteroatoms. The van der Waals surface area contributed by atoms with Crippen LogP contribution >= 0.6 is 34.8 Å². The SMILES string of the molecule is COC(=O)[C@@H]1C[C@H](NC(=O)NC(=O)C(Cl)(Cl)Cl)C(=O)C2[C@@]1(C)CC[C@H]1C(=O)O[C@H](c3ccoc3)C[C@]21C.